The van der Waals surface area contributed by atoms with Gasteiger partial charge in [-0.1, -0.05) is 29.8 Å². The van der Waals surface area contributed by atoms with Crippen molar-refractivity contribution in [3.05, 3.63) is 78.0 Å². The van der Waals surface area contributed by atoms with Gasteiger partial charge in [0, 0.05) is 6.54 Å². The van der Waals surface area contributed by atoms with Crippen molar-refractivity contribution in [1.82, 2.24) is 4.98 Å². The molecule has 27 heavy (non-hydrogen) atoms. The second-order valence-electron chi connectivity index (χ2n) is 6.05. The summed E-state index contributed by atoms with van der Waals surface area (Å²) >= 11 is 0. The van der Waals surface area contributed by atoms with E-state index in [0.29, 0.717) is 6.54 Å². The van der Waals surface area contributed by atoms with Crippen molar-refractivity contribution in [2.45, 2.75) is 18.4 Å². The summed E-state index contributed by atoms with van der Waals surface area (Å²) in [5, 5.41) is 3.25. The number of aromatic nitrogens is 1. The van der Waals surface area contributed by atoms with E-state index in [2.05, 4.69) is 15.0 Å². The van der Waals surface area contributed by atoms with Crippen molar-refractivity contribution in [1.29, 1.82) is 0 Å². The zero-order valence-electron chi connectivity index (χ0n) is 15.1. The van der Waals surface area contributed by atoms with Gasteiger partial charge in [0.05, 0.1) is 23.9 Å². The zero-order valence-corrected chi connectivity index (χ0v) is 16.0. The third kappa shape index (κ3) is 4.98. The maximum atomic E-state index is 12.4. The monoisotopic (exact) mass is 383 g/mol. The molecule has 3 rings (SSSR count). The fraction of sp³-hybridized carbons (Fsp3) is 0.150. The van der Waals surface area contributed by atoms with Gasteiger partial charge in [0.2, 0.25) is 0 Å². The van der Waals surface area contributed by atoms with E-state index >= 15 is 0 Å². The lowest BCUT2D eigenvalue weighted by Crippen LogP contribution is -2.14. The first kappa shape index (κ1) is 18.7. The second-order valence-corrected chi connectivity index (χ2v) is 7.73. The number of aryl methyl sites for hydroxylation is 1. The van der Waals surface area contributed by atoms with Crippen LogP contribution in [0.4, 0.5) is 11.5 Å². The van der Waals surface area contributed by atoms with Crippen LogP contribution in [0.3, 0.4) is 0 Å². The molecule has 0 aliphatic heterocycles. The molecule has 140 valence electrons. The minimum absolute atomic E-state index is 0.205. The highest BCUT2D eigenvalue weighted by molar-refractivity contribution is 7.92. The van der Waals surface area contributed by atoms with E-state index in [0.717, 1.165) is 22.6 Å². The first-order chi connectivity index (χ1) is 13.0. The number of methoxy groups -OCH3 is 1. The standard InChI is InChI=1S/C20H21N3O3S/c1-15-3-10-19(11-4-15)27(24,25)23-20-12-7-17(14-22-20)21-13-16-5-8-18(26-2)9-6-16/h3-12,14,21H,13H2,1-2H3,(H,22,23). The Morgan fingerprint density at radius 3 is 2.26 bits per heavy atom. The molecule has 0 fully saturated rings. The highest BCUT2D eigenvalue weighted by atomic mass is 32.2. The summed E-state index contributed by atoms with van der Waals surface area (Å²) in [4.78, 5) is 4.38. The van der Waals surface area contributed by atoms with Crippen LogP contribution in [0.15, 0.2) is 71.8 Å². The number of ether oxygens (including phenoxy) is 1. The summed E-state index contributed by atoms with van der Waals surface area (Å²) < 4.78 is 32.4. The van der Waals surface area contributed by atoms with E-state index in [4.69, 9.17) is 4.74 Å². The van der Waals surface area contributed by atoms with Crippen molar-refractivity contribution in [3.63, 3.8) is 0 Å². The third-order valence-electron chi connectivity index (χ3n) is 3.99. The largest absolute Gasteiger partial charge is 0.497 e. The minimum Gasteiger partial charge on any atom is -0.497 e. The van der Waals surface area contributed by atoms with Crippen LogP contribution in [0.25, 0.3) is 0 Å². The Labute approximate surface area is 159 Å². The normalized spacial score (nSPS) is 11.0. The zero-order chi connectivity index (χ0) is 19.3. The third-order valence-corrected chi connectivity index (χ3v) is 5.36. The predicted octanol–water partition coefficient (Wildman–Crippen LogP) is 3.81. The molecule has 2 N–H and O–H groups in total. The van der Waals surface area contributed by atoms with Crippen LogP contribution in [0.2, 0.25) is 0 Å². The molecular formula is C20H21N3O3S. The molecule has 2 aromatic carbocycles. The lowest BCUT2D eigenvalue weighted by Gasteiger charge is -2.10. The molecule has 7 heteroatoms. The number of anilines is 2. The molecule has 0 aliphatic rings. The van der Waals surface area contributed by atoms with Crippen LogP contribution < -0.4 is 14.8 Å². The number of nitrogens with one attached hydrogen (secondary N) is 2. The first-order valence-corrected chi connectivity index (χ1v) is 9.87. The Hall–Kier alpha value is -3.06. The van der Waals surface area contributed by atoms with E-state index in [-0.39, 0.29) is 10.7 Å². The SMILES string of the molecule is COc1ccc(CNc2ccc(NS(=O)(=O)c3ccc(C)cc3)nc2)cc1. The molecule has 0 saturated heterocycles. The Morgan fingerprint density at radius 2 is 1.67 bits per heavy atom. The average molecular weight is 383 g/mol. The maximum absolute atomic E-state index is 12.4. The van der Waals surface area contributed by atoms with Gasteiger partial charge < -0.3 is 10.1 Å². The van der Waals surface area contributed by atoms with Gasteiger partial charge in [0.1, 0.15) is 11.6 Å². The molecule has 6 nitrogen and oxygen atoms in total. The first-order valence-electron chi connectivity index (χ1n) is 8.38. The van der Waals surface area contributed by atoms with Gasteiger partial charge >= 0.3 is 0 Å². The Kier molecular flexibility index (Phi) is 5.61. The highest BCUT2D eigenvalue weighted by Gasteiger charge is 2.14. The maximum Gasteiger partial charge on any atom is 0.263 e. The molecule has 0 saturated carbocycles. The molecule has 0 bridgehead atoms. The van der Waals surface area contributed by atoms with Crippen molar-refractivity contribution < 1.29 is 13.2 Å². The van der Waals surface area contributed by atoms with Gasteiger partial charge in [-0.05, 0) is 48.9 Å². The Bertz CT molecular complexity index is 984. The number of rotatable bonds is 7. The van der Waals surface area contributed by atoms with Crippen molar-refractivity contribution >= 4 is 21.5 Å². The topological polar surface area (TPSA) is 80.3 Å². The van der Waals surface area contributed by atoms with Gasteiger partial charge in [-0.3, -0.25) is 4.72 Å². The van der Waals surface area contributed by atoms with Crippen LogP contribution in [-0.2, 0) is 16.6 Å². The van der Waals surface area contributed by atoms with Gasteiger partial charge in [-0.25, -0.2) is 13.4 Å². The van der Waals surface area contributed by atoms with Crippen LogP contribution >= 0.6 is 0 Å². The fourth-order valence-electron chi connectivity index (χ4n) is 2.42. The molecule has 1 heterocycles. The number of hydrogen-bond acceptors (Lipinski definition) is 5. The Balaban J connectivity index is 1.61. The van der Waals surface area contributed by atoms with Crippen LogP contribution in [-0.4, -0.2) is 20.5 Å². The molecule has 3 aromatic rings. The van der Waals surface area contributed by atoms with E-state index in [1.807, 2.05) is 31.2 Å². The summed E-state index contributed by atoms with van der Waals surface area (Å²) in [5.41, 5.74) is 2.89. The lowest BCUT2D eigenvalue weighted by molar-refractivity contribution is 0.414. The minimum atomic E-state index is -3.65. The quantitative estimate of drug-likeness (QED) is 0.648. The van der Waals surface area contributed by atoms with Gasteiger partial charge in [-0.2, -0.15) is 0 Å². The molecule has 1 aromatic heterocycles. The fourth-order valence-corrected chi connectivity index (χ4v) is 3.43. The van der Waals surface area contributed by atoms with E-state index in [1.165, 1.54) is 0 Å². The van der Waals surface area contributed by atoms with E-state index in [9.17, 15) is 8.42 Å². The summed E-state index contributed by atoms with van der Waals surface area (Å²) in [6, 6.07) is 17.8. The van der Waals surface area contributed by atoms with Crippen LogP contribution in [0, 0.1) is 6.92 Å². The Morgan fingerprint density at radius 1 is 0.963 bits per heavy atom. The number of hydrogen-bond donors (Lipinski definition) is 2. The van der Waals surface area contributed by atoms with E-state index < -0.39 is 10.0 Å². The number of nitrogens with zero attached hydrogens (tertiary/aromatic N) is 1. The molecule has 0 atom stereocenters. The lowest BCUT2D eigenvalue weighted by atomic mass is 10.2. The number of sulfonamides is 1. The van der Waals surface area contributed by atoms with Crippen molar-refractivity contribution in [3.8, 4) is 5.75 Å². The molecule has 0 radical (unpaired) electrons. The summed E-state index contributed by atoms with van der Waals surface area (Å²) in [6.45, 7) is 2.53. The smallest absolute Gasteiger partial charge is 0.263 e. The molecule has 0 aliphatic carbocycles. The van der Waals surface area contributed by atoms with Crippen LogP contribution in [0.1, 0.15) is 11.1 Å². The molecular weight excluding hydrogens is 362 g/mol. The second kappa shape index (κ2) is 8.09. The summed E-state index contributed by atoms with van der Waals surface area (Å²) in [5.74, 6) is 1.08. The predicted molar refractivity (Wildman–Crippen MR) is 107 cm³/mol. The van der Waals surface area contributed by atoms with Gasteiger partial charge in [0.25, 0.3) is 10.0 Å². The molecule has 0 spiro atoms. The van der Waals surface area contributed by atoms with Gasteiger partial charge in [0.15, 0.2) is 0 Å². The average Bonchev–Trinajstić information content (AvgIpc) is 2.68. The molecule has 0 unspecified atom stereocenters. The number of benzene rings is 2. The molecule has 0 amide bonds. The van der Waals surface area contributed by atoms with E-state index in [1.54, 1.807) is 49.7 Å². The summed E-state index contributed by atoms with van der Waals surface area (Å²) in [7, 11) is -2.02. The van der Waals surface area contributed by atoms with Crippen molar-refractivity contribution in [2.24, 2.45) is 0 Å². The van der Waals surface area contributed by atoms with Gasteiger partial charge in [-0.15, -0.1) is 0 Å². The van der Waals surface area contributed by atoms with Crippen molar-refractivity contribution in [2.75, 3.05) is 17.1 Å². The van der Waals surface area contributed by atoms with Crippen LogP contribution in [0.5, 0.6) is 5.75 Å². The number of pyridine rings is 1. The summed E-state index contributed by atoms with van der Waals surface area (Å²) in [6.07, 6.45) is 1.59. The highest BCUT2D eigenvalue weighted by Crippen LogP contribution is 2.17.